The maximum atomic E-state index is 6.24. The number of allylic oxidation sites excluding steroid dienone is 1. The molecule has 1 aliphatic carbocycles. The molecule has 0 saturated heterocycles. The zero-order valence-corrected chi connectivity index (χ0v) is 11.1. The van der Waals surface area contributed by atoms with E-state index >= 15 is 0 Å². The summed E-state index contributed by atoms with van der Waals surface area (Å²) in [5, 5.41) is 6.95. The Labute approximate surface area is 110 Å². The molecule has 0 aromatic rings. The molecule has 0 amide bonds. The van der Waals surface area contributed by atoms with Gasteiger partial charge in [-0.2, -0.15) is 0 Å². The van der Waals surface area contributed by atoms with Gasteiger partial charge in [-0.25, -0.2) is 0 Å². The third kappa shape index (κ3) is 3.03. The molecule has 3 unspecified atom stereocenters. The zero-order valence-electron chi connectivity index (χ0n) is 11.1. The predicted molar refractivity (Wildman–Crippen MR) is 74.7 cm³/mol. The molecule has 18 heavy (non-hydrogen) atoms. The van der Waals surface area contributed by atoms with E-state index in [4.69, 9.17) is 17.2 Å². The second-order valence-corrected chi connectivity index (χ2v) is 5.39. The van der Waals surface area contributed by atoms with Gasteiger partial charge < -0.3 is 27.8 Å². The first-order valence-corrected chi connectivity index (χ1v) is 7.17. The highest BCUT2D eigenvalue weighted by molar-refractivity contribution is 5.28. The summed E-state index contributed by atoms with van der Waals surface area (Å²) in [5.74, 6) is 0. The van der Waals surface area contributed by atoms with Crippen molar-refractivity contribution in [1.82, 2.24) is 10.6 Å². The zero-order chi connectivity index (χ0) is 13.0. The van der Waals surface area contributed by atoms with E-state index in [1.807, 2.05) is 0 Å². The van der Waals surface area contributed by atoms with Gasteiger partial charge in [-0.05, 0) is 57.2 Å². The largest absolute Gasteiger partial charge is 0.372 e. The topological polar surface area (TPSA) is 102 Å². The van der Waals surface area contributed by atoms with Crippen LogP contribution in [0.4, 0.5) is 0 Å². The Hall–Kier alpha value is -0.620. The summed E-state index contributed by atoms with van der Waals surface area (Å²) in [4.78, 5) is 0. The molecule has 0 spiro atoms. The summed E-state index contributed by atoms with van der Waals surface area (Å²) >= 11 is 0. The second kappa shape index (κ2) is 6.52. The van der Waals surface area contributed by atoms with Crippen molar-refractivity contribution in [3.63, 3.8) is 0 Å². The summed E-state index contributed by atoms with van der Waals surface area (Å²) in [7, 11) is 0. The number of hydrogen-bond donors (Lipinski definition) is 5. The Balaban J connectivity index is 1.99. The van der Waals surface area contributed by atoms with Crippen LogP contribution in [0.3, 0.4) is 0 Å². The lowest BCUT2D eigenvalue weighted by Crippen LogP contribution is -2.64. The number of hydrogen-bond acceptors (Lipinski definition) is 5. The first-order chi connectivity index (χ1) is 8.74. The fourth-order valence-electron chi connectivity index (χ4n) is 2.96. The maximum absolute atomic E-state index is 6.24. The monoisotopic (exact) mass is 253 g/mol. The maximum Gasteiger partial charge on any atom is 0.0914 e. The average Bonchev–Trinajstić information content (AvgIpc) is 2.38. The minimum atomic E-state index is -0.131. The van der Waals surface area contributed by atoms with Crippen LogP contribution in [0.1, 0.15) is 38.5 Å². The van der Waals surface area contributed by atoms with Crippen molar-refractivity contribution in [1.29, 1.82) is 0 Å². The molecule has 0 saturated carbocycles. The molecule has 2 rings (SSSR count). The smallest absolute Gasteiger partial charge is 0.0914 e. The van der Waals surface area contributed by atoms with Crippen molar-refractivity contribution >= 4 is 0 Å². The van der Waals surface area contributed by atoms with Crippen molar-refractivity contribution in [3.8, 4) is 0 Å². The van der Waals surface area contributed by atoms with E-state index in [9.17, 15) is 0 Å². The average molecular weight is 253 g/mol. The summed E-state index contributed by atoms with van der Waals surface area (Å²) in [5.41, 5.74) is 20.6. The summed E-state index contributed by atoms with van der Waals surface area (Å²) in [6.45, 7) is 1.73. The van der Waals surface area contributed by atoms with Gasteiger partial charge in [0.25, 0.3) is 0 Å². The van der Waals surface area contributed by atoms with Crippen LogP contribution in [0.25, 0.3) is 0 Å². The molecular formula is C13H27N5. The lowest BCUT2D eigenvalue weighted by Gasteiger charge is -2.41. The van der Waals surface area contributed by atoms with Gasteiger partial charge in [0.2, 0.25) is 0 Å². The van der Waals surface area contributed by atoms with Crippen LogP contribution in [-0.4, -0.2) is 31.3 Å². The van der Waals surface area contributed by atoms with E-state index < -0.39 is 0 Å². The Morgan fingerprint density at radius 1 is 1.17 bits per heavy atom. The first kappa shape index (κ1) is 13.8. The SMILES string of the molecule is NCCCCNC1C2=C(CCCC2)NC(N)C1N. The van der Waals surface area contributed by atoms with Crippen LogP contribution in [0, 0.1) is 0 Å². The third-order valence-corrected chi connectivity index (χ3v) is 4.02. The minimum absolute atomic E-state index is 0.0419. The molecule has 0 fully saturated rings. The summed E-state index contributed by atoms with van der Waals surface area (Å²) < 4.78 is 0. The van der Waals surface area contributed by atoms with Gasteiger partial charge in [-0.3, -0.25) is 0 Å². The Morgan fingerprint density at radius 2 is 1.94 bits per heavy atom. The minimum Gasteiger partial charge on any atom is -0.372 e. The van der Waals surface area contributed by atoms with Gasteiger partial charge in [0.05, 0.1) is 12.2 Å². The van der Waals surface area contributed by atoms with Gasteiger partial charge in [0.15, 0.2) is 0 Å². The number of unbranched alkanes of at least 4 members (excludes halogenated alkanes) is 1. The Kier molecular flexibility index (Phi) is 5.00. The quantitative estimate of drug-likeness (QED) is 0.434. The summed E-state index contributed by atoms with van der Waals surface area (Å²) in [6.07, 6.45) is 6.83. The molecule has 0 aromatic carbocycles. The number of nitrogens with two attached hydrogens (primary N) is 3. The molecule has 5 heteroatoms. The molecule has 1 heterocycles. The second-order valence-electron chi connectivity index (χ2n) is 5.39. The molecule has 0 aromatic heterocycles. The fourth-order valence-corrected chi connectivity index (χ4v) is 2.96. The van der Waals surface area contributed by atoms with Crippen molar-refractivity contribution in [2.24, 2.45) is 17.2 Å². The predicted octanol–water partition coefficient (Wildman–Crippen LogP) is -0.273. The fraction of sp³-hybridized carbons (Fsp3) is 0.846. The van der Waals surface area contributed by atoms with Crippen molar-refractivity contribution in [3.05, 3.63) is 11.3 Å². The van der Waals surface area contributed by atoms with E-state index in [1.165, 1.54) is 24.1 Å². The highest BCUT2D eigenvalue weighted by Gasteiger charge is 2.34. The summed E-state index contributed by atoms with van der Waals surface area (Å²) in [6, 6.07) is 0.203. The van der Waals surface area contributed by atoms with Gasteiger partial charge in [0.1, 0.15) is 0 Å². The van der Waals surface area contributed by atoms with Crippen molar-refractivity contribution in [2.75, 3.05) is 13.1 Å². The third-order valence-electron chi connectivity index (χ3n) is 4.02. The van der Waals surface area contributed by atoms with Crippen molar-refractivity contribution < 1.29 is 0 Å². The van der Waals surface area contributed by atoms with Crippen LogP contribution >= 0.6 is 0 Å². The van der Waals surface area contributed by atoms with E-state index in [0.717, 1.165) is 38.8 Å². The van der Waals surface area contributed by atoms with Crippen LogP contribution in [0.5, 0.6) is 0 Å². The Morgan fingerprint density at radius 3 is 2.72 bits per heavy atom. The molecule has 0 radical (unpaired) electrons. The van der Waals surface area contributed by atoms with Crippen LogP contribution < -0.4 is 27.8 Å². The molecule has 5 nitrogen and oxygen atoms in total. The molecule has 8 N–H and O–H groups in total. The van der Waals surface area contributed by atoms with E-state index in [1.54, 1.807) is 0 Å². The van der Waals surface area contributed by atoms with E-state index in [0.29, 0.717) is 0 Å². The standard InChI is InChI=1S/C13H27N5/c14-7-3-4-8-17-12-9-5-1-2-6-10(9)18-13(16)11(12)15/h11-13,17-18H,1-8,14-16H2. The lowest BCUT2D eigenvalue weighted by molar-refractivity contribution is 0.333. The molecular weight excluding hydrogens is 226 g/mol. The van der Waals surface area contributed by atoms with Crippen LogP contribution in [0.2, 0.25) is 0 Å². The van der Waals surface area contributed by atoms with Crippen molar-refractivity contribution in [2.45, 2.75) is 56.8 Å². The van der Waals surface area contributed by atoms with Gasteiger partial charge in [0, 0.05) is 11.7 Å². The van der Waals surface area contributed by atoms with E-state index in [-0.39, 0.29) is 18.2 Å². The van der Waals surface area contributed by atoms with Gasteiger partial charge in [-0.1, -0.05) is 0 Å². The number of rotatable bonds is 5. The van der Waals surface area contributed by atoms with Gasteiger partial charge in [-0.15, -0.1) is 0 Å². The molecule has 104 valence electrons. The lowest BCUT2D eigenvalue weighted by atomic mass is 9.83. The molecule has 2 aliphatic rings. The first-order valence-electron chi connectivity index (χ1n) is 7.17. The number of nitrogens with one attached hydrogen (secondary N) is 2. The highest BCUT2D eigenvalue weighted by Crippen LogP contribution is 2.29. The van der Waals surface area contributed by atoms with Gasteiger partial charge >= 0.3 is 0 Å². The van der Waals surface area contributed by atoms with Crippen LogP contribution in [0.15, 0.2) is 11.3 Å². The van der Waals surface area contributed by atoms with E-state index in [2.05, 4.69) is 10.6 Å². The van der Waals surface area contributed by atoms with Crippen LogP contribution in [-0.2, 0) is 0 Å². The highest BCUT2D eigenvalue weighted by atomic mass is 15.1. The Bertz CT molecular complexity index is 302. The normalized spacial score (nSPS) is 32.1. The molecule has 0 bridgehead atoms. The molecule has 3 atom stereocenters. The molecule has 1 aliphatic heterocycles.